The van der Waals surface area contributed by atoms with Crippen LogP contribution in [0, 0.1) is 29.6 Å². The second-order valence-corrected chi connectivity index (χ2v) is 8.50. The van der Waals surface area contributed by atoms with E-state index >= 15 is 8.78 Å². The van der Waals surface area contributed by atoms with Gasteiger partial charge in [-0.05, 0) is 36.1 Å². The van der Waals surface area contributed by atoms with Crippen molar-refractivity contribution in [2.45, 2.75) is 44.5 Å². The smallest absolute Gasteiger partial charge is 0.194 e. The van der Waals surface area contributed by atoms with Crippen molar-refractivity contribution in [1.29, 1.82) is 10.5 Å². The van der Waals surface area contributed by atoms with E-state index < -0.39 is 52.0 Å². The highest BCUT2D eigenvalue weighted by Crippen LogP contribution is 2.64. The molecule has 0 aliphatic heterocycles. The summed E-state index contributed by atoms with van der Waals surface area (Å²) in [4.78, 5) is 0.567. The van der Waals surface area contributed by atoms with E-state index in [4.69, 9.17) is 0 Å². The Labute approximate surface area is 184 Å². The standard InChI is InChI=1S/C23H16F6N2S/c1-3-7-16(15(11-30)12-31)19-20(22(26,27)23(28,29)21(19,24)25)17-10-18(32-13(17)2)14-8-5-4-6-9-14/h4-6,8-10H,3,7H2,1-2H3. The lowest BCUT2D eigenvalue weighted by molar-refractivity contribution is -0.259. The molecule has 1 aliphatic carbocycles. The molecule has 0 spiro atoms. The van der Waals surface area contributed by atoms with Gasteiger partial charge in [0.2, 0.25) is 0 Å². The quantitative estimate of drug-likeness (QED) is 0.338. The zero-order valence-electron chi connectivity index (χ0n) is 16.9. The minimum absolute atomic E-state index is 0.0735. The van der Waals surface area contributed by atoms with Crippen LogP contribution >= 0.6 is 11.3 Å². The summed E-state index contributed by atoms with van der Waals surface area (Å²) in [6, 6.07) is 12.4. The minimum Gasteiger partial charge on any atom is -0.194 e. The molecule has 0 amide bonds. The van der Waals surface area contributed by atoms with Crippen molar-refractivity contribution in [3.05, 3.63) is 63.6 Å². The fraction of sp³-hybridized carbons (Fsp3) is 0.304. The van der Waals surface area contributed by atoms with E-state index in [1.165, 1.54) is 32.1 Å². The predicted molar refractivity (Wildman–Crippen MR) is 109 cm³/mol. The van der Waals surface area contributed by atoms with Crippen molar-refractivity contribution in [1.82, 2.24) is 0 Å². The Morgan fingerprint density at radius 2 is 1.56 bits per heavy atom. The Hall–Kier alpha value is -3.04. The summed E-state index contributed by atoms with van der Waals surface area (Å²) in [6.07, 6.45) is -0.337. The molecule has 1 aromatic carbocycles. The van der Waals surface area contributed by atoms with E-state index in [0.717, 1.165) is 11.3 Å². The van der Waals surface area contributed by atoms with E-state index in [2.05, 4.69) is 0 Å². The molecule has 166 valence electrons. The number of halogens is 6. The van der Waals surface area contributed by atoms with Gasteiger partial charge >= 0.3 is 17.8 Å². The van der Waals surface area contributed by atoms with Gasteiger partial charge in [0, 0.05) is 20.9 Å². The topological polar surface area (TPSA) is 47.6 Å². The molecule has 0 N–H and O–H groups in total. The second kappa shape index (κ2) is 8.14. The summed E-state index contributed by atoms with van der Waals surface area (Å²) in [5.41, 5.74) is -4.67. The fourth-order valence-electron chi connectivity index (χ4n) is 3.73. The average Bonchev–Trinajstić information content (AvgIpc) is 3.17. The van der Waals surface area contributed by atoms with E-state index in [-0.39, 0.29) is 11.3 Å². The highest BCUT2D eigenvalue weighted by Gasteiger charge is 2.80. The molecule has 0 atom stereocenters. The largest absolute Gasteiger partial charge is 0.380 e. The lowest BCUT2D eigenvalue weighted by atomic mass is 9.89. The van der Waals surface area contributed by atoms with Crippen LogP contribution in [0.15, 0.2) is 53.1 Å². The third kappa shape index (κ3) is 3.32. The van der Waals surface area contributed by atoms with Crippen LogP contribution in [0.25, 0.3) is 16.0 Å². The van der Waals surface area contributed by atoms with E-state index in [9.17, 15) is 28.1 Å². The van der Waals surface area contributed by atoms with Crippen molar-refractivity contribution < 1.29 is 26.3 Å². The number of nitrogens with zero attached hydrogens (tertiary/aromatic N) is 2. The number of rotatable bonds is 5. The van der Waals surface area contributed by atoms with Crippen LogP contribution < -0.4 is 0 Å². The summed E-state index contributed by atoms with van der Waals surface area (Å²) < 4.78 is 88.9. The van der Waals surface area contributed by atoms with Gasteiger partial charge in [-0.15, -0.1) is 11.3 Å². The molecule has 1 aliphatic rings. The van der Waals surface area contributed by atoms with Gasteiger partial charge in [-0.3, -0.25) is 0 Å². The number of thiophene rings is 1. The minimum atomic E-state index is -5.74. The third-order valence-electron chi connectivity index (χ3n) is 5.24. The lowest BCUT2D eigenvalue weighted by Gasteiger charge is -2.26. The number of nitriles is 2. The lowest BCUT2D eigenvalue weighted by Crippen LogP contribution is -2.49. The molecule has 0 saturated carbocycles. The highest BCUT2D eigenvalue weighted by atomic mass is 32.1. The summed E-state index contributed by atoms with van der Waals surface area (Å²) in [7, 11) is 0. The van der Waals surface area contributed by atoms with E-state index in [0.29, 0.717) is 10.4 Å². The Morgan fingerprint density at radius 1 is 0.969 bits per heavy atom. The van der Waals surface area contributed by atoms with Crippen molar-refractivity contribution in [2.75, 3.05) is 0 Å². The van der Waals surface area contributed by atoms with Gasteiger partial charge in [0.25, 0.3) is 0 Å². The maximum absolute atomic E-state index is 15.0. The van der Waals surface area contributed by atoms with Gasteiger partial charge in [0.15, 0.2) is 0 Å². The van der Waals surface area contributed by atoms with Gasteiger partial charge in [-0.25, -0.2) is 0 Å². The Morgan fingerprint density at radius 3 is 2.09 bits per heavy atom. The van der Waals surface area contributed by atoms with Crippen LogP contribution in [0.5, 0.6) is 0 Å². The Kier molecular flexibility index (Phi) is 6.01. The molecule has 3 rings (SSSR count). The molecule has 1 heterocycles. The summed E-state index contributed by atoms with van der Waals surface area (Å²) in [5, 5.41) is 18.4. The first-order valence-electron chi connectivity index (χ1n) is 9.54. The number of benzene rings is 1. The van der Waals surface area contributed by atoms with Crippen LogP contribution in [0.1, 0.15) is 30.2 Å². The zero-order chi connectivity index (χ0) is 23.9. The van der Waals surface area contributed by atoms with Crippen LogP contribution in [0.3, 0.4) is 0 Å². The molecule has 0 radical (unpaired) electrons. The normalized spacial score (nSPS) is 18.2. The zero-order valence-corrected chi connectivity index (χ0v) is 17.8. The number of alkyl halides is 6. The van der Waals surface area contributed by atoms with E-state index in [1.807, 2.05) is 0 Å². The molecule has 1 aromatic heterocycles. The maximum atomic E-state index is 15.0. The van der Waals surface area contributed by atoms with Crippen LogP contribution in [0.2, 0.25) is 0 Å². The van der Waals surface area contributed by atoms with Crippen molar-refractivity contribution >= 4 is 16.9 Å². The van der Waals surface area contributed by atoms with Crippen LogP contribution in [-0.2, 0) is 0 Å². The van der Waals surface area contributed by atoms with Gasteiger partial charge in [-0.1, -0.05) is 43.7 Å². The molecular weight excluding hydrogens is 450 g/mol. The molecular formula is C23H16F6N2S. The summed E-state index contributed by atoms with van der Waals surface area (Å²) >= 11 is 0.999. The molecule has 0 saturated heterocycles. The molecule has 0 unspecified atom stereocenters. The predicted octanol–water partition coefficient (Wildman–Crippen LogP) is 7.54. The van der Waals surface area contributed by atoms with Crippen molar-refractivity contribution in [3.63, 3.8) is 0 Å². The average molecular weight is 466 g/mol. The molecule has 0 bridgehead atoms. The number of allylic oxidation sites excluding steroid dienone is 4. The first-order valence-corrected chi connectivity index (χ1v) is 10.4. The maximum Gasteiger partial charge on any atom is 0.380 e. The van der Waals surface area contributed by atoms with Crippen molar-refractivity contribution in [2.24, 2.45) is 0 Å². The molecule has 32 heavy (non-hydrogen) atoms. The van der Waals surface area contributed by atoms with Gasteiger partial charge in [0.05, 0.1) is 0 Å². The van der Waals surface area contributed by atoms with E-state index in [1.54, 1.807) is 30.3 Å². The van der Waals surface area contributed by atoms with Gasteiger partial charge in [0.1, 0.15) is 17.7 Å². The summed E-state index contributed by atoms with van der Waals surface area (Å²) in [5.74, 6) is -16.2. The van der Waals surface area contributed by atoms with Crippen LogP contribution in [-0.4, -0.2) is 17.8 Å². The summed E-state index contributed by atoms with van der Waals surface area (Å²) in [6.45, 7) is 2.87. The molecule has 0 fully saturated rings. The first kappa shape index (κ1) is 23.6. The molecule has 9 heteroatoms. The van der Waals surface area contributed by atoms with Crippen molar-refractivity contribution in [3.8, 4) is 22.6 Å². The molecule has 2 nitrogen and oxygen atoms in total. The molecule has 2 aromatic rings. The van der Waals surface area contributed by atoms with Crippen LogP contribution in [0.4, 0.5) is 26.3 Å². The Bertz CT molecular complexity index is 1180. The Balaban J connectivity index is 2.44. The van der Waals surface area contributed by atoms with Gasteiger partial charge in [-0.2, -0.15) is 36.9 Å². The second-order valence-electron chi connectivity index (χ2n) is 7.25. The fourth-order valence-corrected chi connectivity index (χ4v) is 4.76. The van der Waals surface area contributed by atoms with Gasteiger partial charge < -0.3 is 0 Å². The highest BCUT2D eigenvalue weighted by molar-refractivity contribution is 7.15. The number of hydrogen-bond donors (Lipinski definition) is 0. The number of hydrogen-bond acceptors (Lipinski definition) is 3. The number of aryl methyl sites for hydroxylation is 1. The SMILES string of the molecule is CCCC(=C(C#N)C#N)C1=C(c2cc(-c3ccccc3)sc2C)C(F)(F)C(F)(F)C1(F)F. The first-order chi connectivity index (χ1) is 15.0. The third-order valence-corrected chi connectivity index (χ3v) is 6.34. The monoisotopic (exact) mass is 466 g/mol.